The Bertz CT molecular complexity index is 901. The number of anilines is 1. The zero-order valence-corrected chi connectivity index (χ0v) is 18.7. The summed E-state index contributed by atoms with van der Waals surface area (Å²) in [7, 11) is 8.11. The maximum atomic E-state index is 12.9. The minimum atomic E-state index is -0.209. The van der Waals surface area contributed by atoms with Crippen LogP contribution < -0.4 is 15.5 Å². The molecule has 0 saturated heterocycles. The second kappa shape index (κ2) is 10.6. The van der Waals surface area contributed by atoms with Crippen LogP contribution in [-0.2, 0) is 0 Å². The van der Waals surface area contributed by atoms with E-state index in [-0.39, 0.29) is 18.1 Å². The Morgan fingerprint density at radius 3 is 1.71 bits per heavy atom. The van der Waals surface area contributed by atoms with E-state index in [1.807, 2.05) is 88.9 Å². The Morgan fingerprint density at radius 2 is 1.26 bits per heavy atom. The minimum Gasteiger partial charge on any atom is -0.378 e. The number of hydrogen-bond acceptors (Lipinski definition) is 3. The van der Waals surface area contributed by atoms with Gasteiger partial charge in [0.05, 0.1) is 12.1 Å². The first-order chi connectivity index (χ1) is 15.0. The largest absolute Gasteiger partial charge is 0.378 e. The van der Waals surface area contributed by atoms with Crippen molar-refractivity contribution >= 4 is 11.7 Å². The average Bonchev–Trinajstić information content (AvgIpc) is 2.79. The molecule has 0 radical (unpaired) electrons. The molecule has 0 fully saturated rings. The number of rotatable bonds is 8. The number of nitrogens with zero attached hydrogens (tertiary/aromatic N) is 2. The molecule has 31 heavy (non-hydrogen) atoms. The zero-order chi connectivity index (χ0) is 22.2. The lowest BCUT2D eigenvalue weighted by molar-refractivity contribution is 0.230. The van der Waals surface area contributed by atoms with Gasteiger partial charge >= 0.3 is 6.03 Å². The molecule has 0 aliphatic heterocycles. The van der Waals surface area contributed by atoms with E-state index < -0.39 is 0 Å². The van der Waals surface area contributed by atoms with Crippen LogP contribution in [0.4, 0.5) is 10.5 Å². The second-order valence-electron chi connectivity index (χ2n) is 8.07. The lowest BCUT2D eigenvalue weighted by Crippen LogP contribution is -2.42. The SMILES string of the molecule is CN(C)c1ccc(C(CNC(=O)NC(c2ccccc2)c2ccccc2)N(C)C)cc1. The predicted molar refractivity (Wildman–Crippen MR) is 128 cm³/mol. The Labute approximate surface area is 185 Å². The lowest BCUT2D eigenvalue weighted by Gasteiger charge is -2.27. The number of likely N-dealkylation sites (N-methyl/N-ethyl adjacent to an activating group) is 1. The van der Waals surface area contributed by atoms with Gasteiger partial charge in [-0.1, -0.05) is 72.8 Å². The van der Waals surface area contributed by atoms with Gasteiger partial charge < -0.3 is 20.4 Å². The van der Waals surface area contributed by atoms with Crippen LogP contribution in [0.3, 0.4) is 0 Å². The highest BCUT2D eigenvalue weighted by Gasteiger charge is 2.19. The minimum absolute atomic E-state index is 0.0777. The van der Waals surface area contributed by atoms with Crippen molar-refractivity contribution in [3.8, 4) is 0 Å². The maximum Gasteiger partial charge on any atom is 0.315 e. The van der Waals surface area contributed by atoms with Crippen molar-refractivity contribution in [1.82, 2.24) is 15.5 Å². The van der Waals surface area contributed by atoms with Gasteiger partial charge in [0.25, 0.3) is 0 Å². The van der Waals surface area contributed by atoms with Gasteiger partial charge in [-0.25, -0.2) is 4.79 Å². The molecule has 0 bridgehead atoms. The van der Waals surface area contributed by atoms with Crippen LogP contribution in [0.5, 0.6) is 0 Å². The number of carbonyl (C=O) groups excluding carboxylic acids is 1. The number of amides is 2. The summed E-state index contributed by atoms with van der Waals surface area (Å²) in [6.07, 6.45) is 0. The summed E-state index contributed by atoms with van der Waals surface area (Å²) in [5.74, 6) is 0. The van der Waals surface area contributed by atoms with Crippen molar-refractivity contribution < 1.29 is 4.79 Å². The molecule has 2 amide bonds. The molecule has 3 aromatic rings. The highest BCUT2D eigenvalue weighted by Crippen LogP contribution is 2.23. The van der Waals surface area contributed by atoms with E-state index in [2.05, 4.69) is 44.7 Å². The molecule has 162 valence electrons. The maximum absolute atomic E-state index is 12.9. The van der Waals surface area contributed by atoms with Crippen LogP contribution in [0, 0.1) is 0 Å². The summed E-state index contributed by atoms with van der Waals surface area (Å²) in [6, 6.07) is 28.2. The van der Waals surface area contributed by atoms with Crippen LogP contribution in [0.1, 0.15) is 28.8 Å². The van der Waals surface area contributed by atoms with Crippen molar-refractivity contribution in [2.75, 3.05) is 39.6 Å². The Balaban J connectivity index is 1.69. The first-order valence-electron chi connectivity index (χ1n) is 10.5. The van der Waals surface area contributed by atoms with E-state index in [4.69, 9.17) is 0 Å². The van der Waals surface area contributed by atoms with E-state index in [1.54, 1.807) is 0 Å². The normalized spacial score (nSPS) is 11.9. The highest BCUT2D eigenvalue weighted by atomic mass is 16.2. The van der Waals surface area contributed by atoms with Crippen LogP contribution in [0.2, 0.25) is 0 Å². The van der Waals surface area contributed by atoms with Crippen molar-refractivity contribution in [2.45, 2.75) is 12.1 Å². The van der Waals surface area contributed by atoms with Crippen LogP contribution in [-0.4, -0.2) is 45.7 Å². The third kappa shape index (κ3) is 6.09. The topological polar surface area (TPSA) is 47.6 Å². The molecule has 1 unspecified atom stereocenters. The van der Waals surface area contributed by atoms with E-state index in [0.29, 0.717) is 6.54 Å². The van der Waals surface area contributed by atoms with Crippen molar-refractivity contribution in [1.29, 1.82) is 0 Å². The molecule has 0 heterocycles. The van der Waals surface area contributed by atoms with Crippen molar-refractivity contribution in [3.63, 3.8) is 0 Å². The average molecular weight is 417 g/mol. The van der Waals surface area contributed by atoms with Crippen LogP contribution in [0.25, 0.3) is 0 Å². The van der Waals surface area contributed by atoms with Gasteiger partial charge in [-0.3, -0.25) is 0 Å². The molecule has 0 spiro atoms. The predicted octanol–water partition coefficient (Wildman–Crippen LogP) is 4.44. The third-order valence-electron chi connectivity index (χ3n) is 5.41. The van der Waals surface area contributed by atoms with Gasteiger partial charge in [0.15, 0.2) is 0 Å². The molecule has 0 aliphatic rings. The molecule has 3 rings (SSSR count). The number of carbonyl (C=O) groups is 1. The summed E-state index contributed by atoms with van der Waals surface area (Å²) >= 11 is 0. The van der Waals surface area contributed by atoms with E-state index >= 15 is 0 Å². The van der Waals surface area contributed by atoms with Gasteiger partial charge in [-0.2, -0.15) is 0 Å². The summed E-state index contributed by atoms with van der Waals surface area (Å²) in [6.45, 7) is 0.510. The fourth-order valence-corrected chi connectivity index (χ4v) is 3.61. The molecule has 2 N–H and O–H groups in total. The van der Waals surface area contributed by atoms with E-state index in [9.17, 15) is 4.79 Å². The molecule has 3 aromatic carbocycles. The van der Waals surface area contributed by atoms with Crippen molar-refractivity contribution in [2.24, 2.45) is 0 Å². The Morgan fingerprint density at radius 1 is 0.742 bits per heavy atom. The highest BCUT2D eigenvalue weighted by molar-refractivity contribution is 5.75. The summed E-state index contributed by atoms with van der Waals surface area (Å²) in [5.41, 5.74) is 4.42. The fourth-order valence-electron chi connectivity index (χ4n) is 3.61. The van der Waals surface area contributed by atoms with Crippen LogP contribution in [0.15, 0.2) is 84.9 Å². The van der Waals surface area contributed by atoms with Gasteiger partial charge in [-0.15, -0.1) is 0 Å². The second-order valence-corrected chi connectivity index (χ2v) is 8.07. The molecule has 0 aliphatic carbocycles. The number of benzene rings is 3. The molecular weight excluding hydrogens is 384 g/mol. The van der Waals surface area contributed by atoms with E-state index in [0.717, 1.165) is 16.8 Å². The first-order valence-corrected chi connectivity index (χ1v) is 10.5. The standard InChI is InChI=1S/C26H32N4O/c1-29(2)23-17-15-20(16-18-23)24(30(3)4)19-27-26(31)28-25(21-11-7-5-8-12-21)22-13-9-6-10-14-22/h5-18,24-25H,19H2,1-4H3,(H2,27,28,31). The molecule has 5 nitrogen and oxygen atoms in total. The summed E-state index contributed by atoms with van der Waals surface area (Å²) in [4.78, 5) is 17.1. The van der Waals surface area contributed by atoms with Gasteiger partial charge in [0.2, 0.25) is 0 Å². The molecular formula is C26H32N4O. The number of hydrogen-bond donors (Lipinski definition) is 2. The molecule has 0 aromatic heterocycles. The van der Waals surface area contributed by atoms with Gasteiger partial charge in [0, 0.05) is 26.3 Å². The fraction of sp³-hybridized carbons (Fsp3) is 0.269. The lowest BCUT2D eigenvalue weighted by atomic mass is 9.99. The first kappa shape index (κ1) is 22.4. The number of nitrogens with one attached hydrogen (secondary N) is 2. The monoisotopic (exact) mass is 416 g/mol. The molecule has 5 heteroatoms. The van der Waals surface area contributed by atoms with Crippen LogP contribution >= 0.6 is 0 Å². The third-order valence-corrected chi connectivity index (χ3v) is 5.41. The Hall–Kier alpha value is -3.31. The van der Waals surface area contributed by atoms with E-state index in [1.165, 1.54) is 5.56 Å². The quantitative estimate of drug-likeness (QED) is 0.571. The smallest absolute Gasteiger partial charge is 0.315 e. The summed E-state index contributed by atoms with van der Waals surface area (Å²) < 4.78 is 0. The Kier molecular flexibility index (Phi) is 7.68. The van der Waals surface area contributed by atoms with Crippen molar-refractivity contribution in [3.05, 3.63) is 102 Å². The van der Waals surface area contributed by atoms with Gasteiger partial charge in [0.1, 0.15) is 0 Å². The zero-order valence-electron chi connectivity index (χ0n) is 18.7. The molecule has 1 atom stereocenters. The summed E-state index contributed by atoms with van der Waals surface area (Å²) in [5, 5.41) is 6.21. The molecule has 0 saturated carbocycles. The number of urea groups is 1. The van der Waals surface area contributed by atoms with Gasteiger partial charge in [-0.05, 0) is 42.9 Å².